The molecule has 0 aliphatic heterocycles. The summed E-state index contributed by atoms with van der Waals surface area (Å²) in [5.41, 5.74) is 1.81. The SMILES string of the molecule is Cc1ccc(NC(=O)Cc2ccccn2)nc1. The van der Waals surface area contributed by atoms with E-state index < -0.39 is 0 Å². The Bertz CT molecular complexity index is 494. The zero-order chi connectivity index (χ0) is 12.1. The quantitative estimate of drug-likeness (QED) is 0.872. The van der Waals surface area contributed by atoms with E-state index in [1.807, 2.05) is 31.2 Å². The van der Waals surface area contributed by atoms with Crippen molar-refractivity contribution in [2.75, 3.05) is 5.32 Å². The van der Waals surface area contributed by atoms with Crippen LogP contribution in [-0.2, 0) is 11.2 Å². The van der Waals surface area contributed by atoms with Gasteiger partial charge in [0.2, 0.25) is 5.91 Å². The van der Waals surface area contributed by atoms with Gasteiger partial charge in [0, 0.05) is 18.1 Å². The van der Waals surface area contributed by atoms with Crippen molar-refractivity contribution in [1.82, 2.24) is 9.97 Å². The molecule has 0 saturated heterocycles. The third-order valence-electron chi connectivity index (χ3n) is 2.25. The minimum atomic E-state index is -0.111. The van der Waals surface area contributed by atoms with E-state index in [0.29, 0.717) is 5.82 Å². The summed E-state index contributed by atoms with van der Waals surface area (Å²) in [4.78, 5) is 19.9. The van der Waals surface area contributed by atoms with E-state index in [-0.39, 0.29) is 12.3 Å². The molecule has 4 heteroatoms. The molecule has 2 aromatic rings. The molecule has 2 heterocycles. The Morgan fingerprint density at radius 3 is 2.76 bits per heavy atom. The molecule has 0 atom stereocenters. The summed E-state index contributed by atoms with van der Waals surface area (Å²) >= 11 is 0. The number of hydrogen-bond acceptors (Lipinski definition) is 3. The number of aryl methyl sites for hydroxylation is 1. The minimum absolute atomic E-state index is 0.111. The van der Waals surface area contributed by atoms with Crippen LogP contribution < -0.4 is 5.32 Å². The molecule has 2 aromatic heterocycles. The van der Waals surface area contributed by atoms with Crippen LogP contribution in [-0.4, -0.2) is 15.9 Å². The fourth-order valence-corrected chi connectivity index (χ4v) is 1.40. The summed E-state index contributed by atoms with van der Waals surface area (Å²) in [5, 5.41) is 2.73. The van der Waals surface area contributed by atoms with Crippen LogP contribution in [0.2, 0.25) is 0 Å². The lowest BCUT2D eigenvalue weighted by Gasteiger charge is -2.04. The van der Waals surface area contributed by atoms with Gasteiger partial charge in [0.1, 0.15) is 5.82 Å². The lowest BCUT2D eigenvalue weighted by Crippen LogP contribution is -2.15. The number of amides is 1. The third-order valence-corrected chi connectivity index (χ3v) is 2.25. The van der Waals surface area contributed by atoms with Gasteiger partial charge in [-0.1, -0.05) is 12.1 Å². The lowest BCUT2D eigenvalue weighted by atomic mass is 10.2. The molecule has 4 nitrogen and oxygen atoms in total. The Morgan fingerprint density at radius 2 is 2.12 bits per heavy atom. The standard InChI is InChI=1S/C13H13N3O/c1-10-5-6-12(15-9-10)16-13(17)8-11-4-2-3-7-14-11/h2-7,9H,8H2,1H3,(H,15,16,17). The first-order valence-electron chi connectivity index (χ1n) is 5.36. The Morgan fingerprint density at radius 1 is 1.24 bits per heavy atom. The molecule has 0 fully saturated rings. The van der Waals surface area contributed by atoms with Gasteiger partial charge < -0.3 is 5.32 Å². The van der Waals surface area contributed by atoms with Crippen LogP contribution in [0, 0.1) is 6.92 Å². The van der Waals surface area contributed by atoms with Crippen LogP contribution in [0.5, 0.6) is 0 Å². The van der Waals surface area contributed by atoms with Crippen LogP contribution in [0.3, 0.4) is 0 Å². The average Bonchev–Trinajstić information content (AvgIpc) is 2.33. The van der Waals surface area contributed by atoms with E-state index in [0.717, 1.165) is 11.3 Å². The summed E-state index contributed by atoms with van der Waals surface area (Å²) in [6.45, 7) is 1.95. The summed E-state index contributed by atoms with van der Waals surface area (Å²) in [5.74, 6) is 0.455. The van der Waals surface area contributed by atoms with Crippen molar-refractivity contribution >= 4 is 11.7 Å². The van der Waals surface area contributed by atoms with Gasteiger partial charge in [-0.05, 0) is 30.7 Å². The highest BCUT2D eigenvalue weighted by atomic mass is 16.1. The topological polar surface area (TPSA) is 54.9 Å². The van der Waals surface area contributed by atoms with E-state index in [2.05, 4.69) is 15.3 Å². The van der Waals surface area contributed by atoms with E-state index in [1.54, 1.807) is 18.5 Å². The van der Waals surface area contributed by atoms with Crippen molar-refractivity contribution in [2.45, 2.75) is 13.3 Å². The molecule has 0 unspecified atom stereocenters. The largest absolute Gasteiger partial charge is 0.310 e. The van der Waals surface area contributed by atoms with E-state index >= 15 is 0 Å². The maximum absolute atomic E-state index is 11.7. The smallest absolute Gasteiger partial charge is 0.231 e. The zero-order valence-corrected chi connectivity index (χ0v) is 9.55. The van der Waals surface area contributed by atoms with Crippen LogP contribution >= 0.6 is 0 Å². The number of hydrogen-bond donors (Lipinski definition) is 1. The molecular formula is C13H13N3O. The summed E-state index contributed by atoms with van der Waals surface area (Å²) in [6, 6.07) is 9.19. The molecule has 0 radical (unpaired) electrons. The van der Waals surface area contributed by atoms with Gasteiger partial charge in [0.25, 0.3) is 0 Å². The Kier molecular flexibility index (Phi) is 3.45. The molecule has 1 N–H and O–H groups in total. The Balaban J connectivity index is 1.96. The Labute approximate surface area is 99.7 Å². The molecular weight excluding hydrogens is 214 g/mol. The first-order valence-corrected chi connectivity index (χ1v) is 5.36. The van der Waals surface area contributed by atoms with Gasteiger partial charge in [0.05, 0.1) is 6.42 Å². The number of carbonyl (C=O) groups is 1. The van der Waals surface area contributed by atoms with E-state index in [1.165, 1.54) is 0 Å². The maximum atomic E-state index is 11.7. The third kappa shape index (κ3) is 3.38. The second kappa shape index (κ2) is 5.21. The number of nitrogens with zero attached hydrogens (tertiary/aromatic N) is 2. The van der Waals surface area contributed by atoms with Crippen LogP contribution in [0.1, 0.15) is 11.3 Å². The van der Waals surface area contributed by atoms with Crippen molar-refractivity contribution in [3.8, 4) is 0 Å². The van der Waals surface area contributed by atoms with Crippen LogP contribution in [0.25, 0.3) is 0 Å². The normalized spacial score (nSPS) is 9.94. The monoisotopic (exact) mass is 227 g/mol. The number of aromatic nitrogens is 2. The van der Waals surface area contributed by atoms with Gasteiger partial charge in [0.15, 0.2) is 0 Å². The first-order chi connectivity index (χ1) is 8.24. The number of anilines is 1. The van der Waals surface area contributed by atoms with Gasteiger partial charge >= 0.3 is 0 Å². The second-order valence-electron chi connectivity index (χ2n) is 3.77. The highest BCUT2D eigenvalue weighted by molar-refractivity contribution is 5.91. The minimum Gasteiger partial charge on any atom is -0.310 e. The van der Waals surface area contributed by atoms with Crippen LogP contribution in [0.4, 0.5) is 5.82 Å². The molecule has 86 valence electrons. The predicted octanol–water partition coefficient (Wildman–Crippen LogP) is 1.97. The summed E-state index contributed by atoms with van der Waals surface area (Å²) in [6.07, 6.45) is 3.65. The summed E-state index contributed by atoms with van der Waals surface area (Å²) in [7, 11) is 0. The highest BCUT2D eigenvalue weighted by Crippen LogP contribution is 2.04. The average molecular weight is 227 g/mol. The van der Waals surface area contributed by atoms with Crippen molar-refractivity contribution in [2.24, 2.45) is 0 Å². The van der Waals surface area contributed by atoms with E-state index in [9.17, 15) is 4.79 Å². The lowest BCUT2D eigenvalue weighted by molar-refractivity contribution is -0.115. The predicted molar refractivity (Wildman–Crippen MR) is 65.5 cm³/mol. The van der Waals surface area contributed by atoms with Crippen molar-refractivity contribution in [3.63, 3.8) is 0 Å². The second-order valence-corrected chi connectivity index (χ2v) is 3.77. The number of rotatable bonds is 3. The fourth-order valence-electron chi connectivity index (χ4n) is 1.40. The van der Waals surface area contributed by atoms with Crippen LogP contribution in [0.15, 0.2) is 42.7 Å². The first kappa shape index (κ1) is 11.3. The fraction of sp³-hybridized carbons (Fsp3) is 0.154. The zero-order valence-electron chi connectivity index (χ0n) is 9.55. The molecule has 1 amide bonds. The molecule has 0 bridgehead atoms. The van der Waals surface area contributed by atoms with Crippen molar-refractivity contribution in [1.29, 1.82) is 0 Å². The van der Waals surface area contributed by atoms with Gasteiger partial charge in [-0.2, -0.15) is 0 Å². The van der Waals surface area contributed by atoms with Gasteiger partial charge in [-0.25, -0.2) is 4.98 Å². The molecule has 0 spiro atoms. The molecule has 0 saturated carbocycles. The Hall–Kier alpha value is -2.23. The molecule has 17 heavy (non-hydrogen) atoms. The molecule has 0 aliphatic rings. The van der Waals surface area contributed by atoms with Gasteiger partial charge in [-0.15, -0.1) is 0 Å². The maximum Gasteiger partial charge on any atom is 0.231 e. The molecule has 0 aliphatic carbocycles. The van der Waals surface area contributed by atoms with Crippen molar-refractivity contribution < 1.29 is 4.79 Å². The summed E-state index contributed by atoms with van der Waals surface area (Å²) < 4.78 is 0. The number of pyridine rings is 2. The molecule has 2 rings (SSSR count). The van der Waals surface area contributed by atoms with Crippen molar-refractivity contribution in [3.05, 3.63) is 54.0 Å². The van der Waals surface area contributed by atoms with Gasteiger partial charge in [-0.3, -0.25) is 9.78 Å². The number of nitrogens with one attached hydrogen (secondary N) is 1. The highest BCUT2D eigenvalue weighted by Gasteiger charge is 2.04. The molecule has 0 aromatic carbocycles. The van der Waals surface area contributed by atoms with E-state index in [4.69, 9.17) is 0 Å². The number of carbonyl (C=O) groups excluding carboxylic acids is 1.